The molecule has 0 aliphatic carbocycles. The van der Waals surface area contributed by atoms with Gasteiger partial charge in [0, 0.05) is 13.7 Å². The number of hydrogen-bond donors (Lipinski definition) is 1. The fourth-order valence-corrected chi connectivity index (χ4v) is 2.50. The molecule has 0 radical (unpaired) electrons. The largest absolute Gasteiger partial charge is 0.426 e. The molecule has 0 spiro atoms. The van der Waals surface area contributed by atoms with Gasteiger partial charge in [0.15, 0.2) is 0 Å². The first-order valence-electron chi connectivity index (χ1n) is 7.04. The Morgan fingerprint density at radius 2 is 2.05 bits per heavy atom. The number of hydrazone groups is 1. The van der Waals surface area contributed by atoms with Gasteiger partial charge in [-0.2, -0.15) is 18.3 Å². The molecule has 122 valence electrons. The van der Waals surface area contributed by atoms with Crippen LogP contribution >= 0.6 is 0 Å². The van der Waals surface area contributed by atoms with E-state index in [1.54, 1.807) is 11.1 Å². The van der Waals surface area contributed by atoms with Gasteiger partial charge in [-0.05, 0) is 18.4 Å². The minimum absolute atomic E-state index is 0.0606. The fraction of sp³-hybridized carbons (Fsp3) is 0.533. The summed E-state index contributed by atoms with van der Waals surface area (Å²) in [6.45, 7) is 0.945. The van der Waals surface area contributed by atoms with Crippen molar-refractivity contribution < 1.29 is 23.0 Å². The molecule has 1 aromatic carbocycles. The van der Waals surface area contributed by atoms with Gasteiger partial charge in [0.05, 0.1) is 18.9 Å². The molecule has 1 aliphatic rings. The summed E-state index contributed by atoms with van der Waals surface area (Å²) in [6.07, 6.45) is -2.63. The number of benzene rings is 1. The second-order valence-corrected chi connectivity index (χ2v) is 5.29. The van der Waals surface area contributed by atoms with Crippen molar-refractivity contribution in [1.82, 2.24) is 5.01 Å². The van der Waals surface area contributed by atoms with Crippen LogP contribution in [0.4, 0.5) is 13.2 Å². The van der Waals surface area contributed by atoms with E-state index in [9.17, 15) is 18.3 Å². The first-order chi connectivity index (χ1) is 10.4. The monoisotopic (exact) mass is 316 g/mol. The van der Waals surface area contributed by atoms with Crippen molar-refractivity contribution >= 4 is 6.21 Å². The highest BCUT2D eigenvalue weighted by molar-refractivity contribution is 5.72. The molecule has 2 atom stereocenters. The molecule has 1 N–H and O–H groups in total. The van der Waals surface area contributed by atoms with Crippen molar-refractivity contribution in [3.63, 3.8) is 0 Å². The van der Waals surface area contributed by atoms with Crippen LogP contribution in [0.25, 0.3) is 0 Å². The van der Waals surface area contributed by atoms with Gasteiger partial charge in [0.1, 0.15) is 0 Å². The second-order valence-electron chi connectivity index (χ2n) is 5.29. The summed E-state index contributed by atoms with van der Waals surface area (Å²) < 4.78 is 45.0. The normalized spacial score (nSPS) is 22.2. The van der Waals surface area contributed by atoms with Gasteiger partial charge < -0.3 is 9.84 Å². The van der Waals surface area contributed by atoms with Crippen LogP contribution in [0.3, 0.4) is 0 Å². The molecule has 1 fully saturated rings. The maximum Gasteiger partial charge on any atom is 0.426 e. The lowest BCUT2D eigenvalue weighted by molar-refractivity contribution is -0.234. The Labute approximate surface area is 127 Å². The summed E-state index contributed by atoms with van der Waals surface area (Å²) in [5.41, 5.74) is -3.36. The molecular formula is C15H19F3N2O2. The number of alkyl halides is 3. The summed E-state index contributed by atoms with van der Waals surface area (Å²) in [7, 11) is 1.54. The number of hydrogen-bond acceptors (Lipinski definition) is 4. The highest BCUT2D eigenvalue weighted by Gasteiger charge is 2.54. The van der Waals surface area contributed by atoms with Crippen LogP contribution < -0.4 is 0 Å². The van der Waals surface area contributed by atoms with Gasteiger partial charge in [-0.1, -0.05) is 30.3 Å². The van der Waals surface area contributed by atoms with Crippen molar-refractivity contribution in [3.05, 3.63) is 35.9 Å². The summed E-state index contributed by atoms with van der Waals surface area (Å²) >= 11 is 0. The topological polar surface area (TPSA) is 45.1 Å². The van der Waals surface area contributed by atoms with E-state index >= 15 is 0 Å². The molecular weight excluding hydrogens is 297 g/mol. The average Bonchev–Trinajstić information content (AvgIpc) is 2.92. The van der Waals surface area contributed by atoms with Crippen molar-refractivity contribution in [2.75, 3.05) is 20.3 Å². The standard InChI is InChI=1S/C15H19F3N2O2/c1-22-10-13-8-5-9-20(13)19-11-14(21,15(16,17)18)12-6-3-2-4-7-12/h2-4,6-7,11,13,21H,5,8-10H2,1H3/b19-11+/t13-,14?/m0/s1. The molecule has 4 nitrogen and oxygen atoms in total. The summed E-state index contributed by atoms with van der Waals surface area (Å²) in [6, 6.07) is 6.89. The van der Waals surface area contributed by atoms with Crippen LogP contribution in [0.1, 0.15) is 18.4 Å². The minimum atomic E-state index is -4.85. The van der Waals surface area contributed by atoms with Gasteiger partial charge in [-0.15, -0.1) is 0 Å². The molecule has 0 bridgehead atoms. The Bertz CT molecular complexity index is 507. The molecule has 0 aromatic heterocycles. The number of aliphatic hydroxyl groups is 1. The van der Waals surface area contributed by atoms with Gasteiger partial charge >= 0.3 is 6.18 Å². The van der Waals surface area contributed by atoms with Gasteiger partial charge in [-0.3, -0.25) is 5.01 Å². The number of rotatable bonds is 5. The van der Waals surface area contributed by atoms with Crippen molar-refractivity contribution in [3.8, 4) is 0 Å². The van der Waals surface area contributed by atoms with Crippen LogP contribution in [-0.4, -0.2) is 48.8 Å². The van der Waals surface area contributed by atoms with Gasteiger partial charge in [-0.25, -0.2) is 0 Å². The van der Waals surface area contributed by atoms with E-state index in [1.807, 2.05) is 0 Å². The molecule has 0 amide bonds. The molecule has 2 rings (SSSR count). The van der Waals surface area contributed by atoms with Crippen LogP contribution in [0.2, 0.25) is 0 Å². The maximum absolute atomic E-state index is 13.3. The predicted octanol–water partition coefficient (Wildman–Crippen LogP) is 2.53. The highest BCUT2D eigenvalue weighted by atomic mass is 19.4. The van der Waals surface area contributed by atoms with E-state index in [1.165, 1.54) is 31.4 Å². The first kappa shape index (κ1) is 16.8. The van der Waals surface area contributed by atoms with Crippen molar-refractivity contribution in [1.29, 1.82) is 0 Å². The zero-order valence-corrected chi connectivity index (χ0v) is 12.3. The van der Waals surface area contributed by atoms with E-state index in [4.69, 9.17) is 4.74 Å². The lowest BCUT2D eigenvalue weighted by Gasteiger charge is -2.28. The van der Waals surface area contributed by atoms with E-state index in [2.05, 4.69) is 5.10 Å². The van der Waals surface area contributed by atoms with Crippen LogP contribution in [0.5, 0.6) is 0 Å². The number of methoxy groups -OCH3 is 1. The summed E-state index contributed by atoms with van der Waals surface area (Å²) in [4.78, 5) is 0. The Morgan fingerprint density at radius 1 is 1.36 bits per heavy atom. The Morgan fingerprint density at radius 3 is 2.64 bits per heavy atom. The highest BCUT2D eigenvalue weighted by Crippen LogP contribution is 2.37. The quantitative estimate of drug-likeness (QED) is 0.849. The smallest absolute Gasteiger partial charge is 0.382 e. The lowest BCUT2D eigenvalue weighted by Crippen LogP contribution is -2.44. The molecule has 0 saturated carbocycles. The Balaban J connectivity index is 2.26. The van der Waals surface area contributed by atoms with E-state index in [-0.39, 0.29) is 11.6 Å². The van der Waals surface area contributed by atoms with Gasteiger partial charge in [0.2, 0.25) is 5.60 Å². The van der Waals surface area contributed by atoms with E-state index in [0.29, 0.717) is 19.4 Å². The van der Waals surface area contributed by atoms with E-state index in [0.717, 1.165) is 12.8 Å². The molecule has 1 aromatic rings. The third kappa shape index (κ3) is 3.41. The average molecular weight is 316 g/mol. The van der Waals surface area contributed by atoms with Crippen LogP contribution in [0.15, 0.2) is 35.4 Å². The number of halogens is 3. The van der Waals surface area contributed by atoms with Crippen molar-refractivity contribution in [2.45, 2.75) is 30.7 Å². The number of ether oxygens (including phenoxy) is 1. The molecule has 1 saturated heterocycles. The summed E-state index contributed by atoms with van der Waals surface area (Å²) in [5, 5.41) is 15.6. The zero-order valence-electron chi connectivity index (χ0n) is 12.3. The SMILES string of the molecule is COC[C@@H]1CCCN1/N=C/C(O)(c1ccccc1)C(F)(F)F. The minimum Gasteiger partial charge on any atom is -0.382 e. The van der Waals surface area contributed by atoms with Crippen molar-refractivity contribution in [2.24, 2.45) is 5.10 Å². The predicted molar refractivity (Wildman–Crippen MR) is 76.5 cm³/mol. The first-order valence-corrected chi connectivity index (χ1v) is 7.04. The fourth-order valence-electron chi connectivity index (χ4n) is 2.50. The number of nitrogens with zero attached hydrogens (tertiary/aromatic N) is 2. The van der Waals surface area contributed by atoms with E-state index < -0.39 is 11.8 Å². The Hall–Kier alpha value is -1.60. The van der Waals surface area contributed by atoms with Crippen LogP contribution in [0, 0.1) is 0 Å². The lowest BCUT2D eigenvalue weighted by atomic mass is 9.94. The van der Waals surface area contributed by atoms with Gasteiger partial charge in [0.25, 0.3) is 0 Å². The molecule has 7 heteroatoms. The zero-order chi connectivity index (χ0) is 16.2. The summed E-state index contributed by atoms with van der Waals surface area (Å²) in [5.74, 6) is 0. The third-order valence-corrected chi connectivity index (χ3v) is 3.74. The molecule has 1 unspecified atom stereocenters. The third-order valence-electron chi connectivity index (χ3n) is 3.74. The second kappa shape index (κ2) is 6.66. The Kier molecular flexibility index (Phi) is 5.08. The molecule has 1 aliphatic heterocycles. The maximum atomic E-state index is 13.3. The molecule has 1 heterocycles. The van der Waals surface area contributed by atoms with Crippen LogP contribution in [-0.2, 0) is 10.3 Å². The molecule has 22 heavy (non-hydrogen) atoms.